The largest absolute Gasteiger partial charge is 0.282 e. The van der Waals surface area contributed by atoms with E-state index in [4.69, 9.17) is 15.0 Å². The topological polar surface area (TPSA) is 41.9 Å². The Hall–Kier alpha value is -10.1. The fraction of sp³-hybridized carbons (Fsp3) is 0.0641. The number of rotatable bonds is 4. The summed E-state index contributed by atoms with van der Waals surface area (Å²) in [5.41, 5.74) is 9.50. The predicted molar refractivity (Wildman–Crippen MR) is 338 cm³/mol. The smallest absolute Gasteiger partial charge is 0.0582 e. The normalized spacial score (nSPS) is 23.0. The molecular formula is C78H16N4. The van der Waals surface area contributed by atoms with Crippen LogP contribution in [-0.4, -0.2) is 19.9 Å². The van der Waals surface area contributed by atoms with Gasteiger partial charge in [0.15, 0.2) is 0 Å². The van der Waals surface area contributed by atoms with E-state index in [-0.39, 0.29) is 12.1 Å². The molecule has 1 aliphatic heterocycles. The van der Waals surface area contributed by atoms with Gasteiger partial charge in [0.2, 0.25) is 0 Å². The van der Waals surface area contributed by atoms with Crippen molar-refractivity contribution in [3.63, 3.8) is 0 Å². The van der Waals surface area contributed by atoms with Crippen LogP contribution < -0.4 is 0 Å². The fourth-order valence-corrected chi connectivity index (χ4v) is 27.8. The molecule has 0 bridgehead atoms. The van der Waals surface area contributed by atoms with Gasteiger partial charge in [0.25, 0.3) is 0 Å². The van der Waals surface area contributed by atoms with Crippen molar-refractivity contribution in [2.45, 2.75) is 29.5 Å². The molecule has 1 fully saturated rings. The summed E-state index contributed by atoms with van der Waals surface area (Å²) in [5, 5.41) is 87.9. The van der Waals surface area contributed by atoms with E-state index < -0.39 is 10.8 Å². The van der Waals surface area contributed by atoms with Gasteiger partial charge in [-0.05, 0) is 348 Å². The van der Waals surface area contributed by atoms with E-state index in [1.807, 2.05) is 18.6 Å². The number of pyridine rings is 3. The minimum atomic E-state index is -0.565. The predicted octanol–water partition coefficient (Wildman–Crippen LogP) is 19.5. The molecule has 4 heteroatoms. The van der Waals surface area contributed by atoms with Crippen LogP contribution in [0.1, 0.15) is 51.0 Å². The molecule has 31 aromatic rings. The maximum absolute atomic E-state index is 5.25. The molecule has 82 heavy (non-hydrogen) atoms. The van der Waals surface area contributed by atoms with Crippen molar-refractivity contribution in [1.29, 1.82) is 0 Å². The Balaban J connectivity index is 1.05. The maximum Gasteiger partial charge on any atom is 0.0582 e. The molecule has 1 saturated heterocycles. The van der Waals surface area contributed by atoms with Crippen molar-refractivity contribution in [3.05, 3.63) is 113 Å². The minimum absolute atomic E-state index is 0.0950. The van der Waals surface area contributed by atoms with Crippen LogP contribution in [0.5, 0.6) is 0 Å². The van der Waals surface area contributed by atoms with Gasteiger partial charge in [-0.25, -0.2) is 0 Å². The van der Waals surface area contributed by atoms with Gasteiger partial charge in [0, 0.05) is 43.7 Å². The minimum Gasteiger partial charge on any atom is -0.282 e. The van der Waals surface area contributed by atoms with Crippen molar-refractivity contribution in [3.8, 4) is 0 Å². The molecule has 0 amide bonds. The molecule has 4 heterocycles. The Morgan fingerprint density at radius 3 is 0.622 bits per heavy atom. The Kier molecular flexibility index (Phi) is 3.09. The first-order valence-electron chi connectivity index (χ1n) is 30.1. The van der Waals surface area contributed by atoms with Crippen molar-refractivity contribution in [1.82, 2.24) is 19.9 Å². The Labute approximate surface area is 450 Å². The molecule has 2 atom stereocenters. The highest BCUT2D eigenvalue weighted by atomic mass is 15.3. The summed E-state index contributed by atoms with van der Waals surface area (Å²) < 4.78 is 0. The zero-order chi connectivity index (χ0) is 49.3. The summed E-state index contributed by atoms with van der Waals surface area (Å²) in [6.07, 6.45) is 12.8. The number of hydrogen-bond donors (Lipinski definition) is 0. The Morgan fingerprint density at radius 1 is 0.244 bits per heavy atom. The highest BCUT2D eigenvalue weighted by Gasteiger charge is 2.79. The molecular weight excluding hydrogens is 993 g/mol. The Bertz CT molecular complexity index is 7530. The van der Waals surface area contributed by atoms with Gasteiger partial charge >= 0.3 is 0 Å². The van der Waals surface area contributed by atoms with Gasteiger partial charge in [0.05, 0.1) is 22.9 Å². The molecule has 0 radical (unpaired) electrons. The van der Waals surface area contributed by atoms with E-state index in [0.717, 1.165) is 6.54 Å². The lowest BCUT2D eigenvalue weighted by molar-refractivity contribution is 0.164. The lowest BCUT2D eigenvalue weighted by Gasteiger charge is -2.53. The van der Waals surface area contributed by atoms with Crippen LogP contribution in [0.2, 0.25) is 0 Å². The second-order valence-electron chi connectivity index (χ2n) is 28.8. The van der Waals surface area contributed by atoms with E-state index in [1.54, 1.807) is 313 Å². The van der Waals surface area contributed by atoms with E-state index in [9.17, 15) is 0 Å². The zero-order valence-corrected chi connectivity index (χ0v) is 42.1. The molecule has 0 saturated carbocycles. The molecule has 4 aliphatic carbocycles. The van der Waals surface area contributed by atoms with Crippen LogP contribution in [0, 0.1) is 0 Å². The molecule has 2 spiro atoms. The second kappa shape index (κ2) is 7.85. The summed E-state index contributed by atoms with van der Waals surface area (Å²) in [6, 6.07) is 13.9. The standard InChI is InChI=1S/C78H16N4/c1-4-14(10-79-7-1)13-82-75(15-5-2-8-80-11-15)77-71-63-55-45-35-27-19-17-18-21-25-23(19)31-39-33(25)43-37-29(21)30-22(18)26-24-20(17)28(27)36-42-32(24)40-34(26)44-38(30)48-47(37)57-51(43)61-53(39)59(49(55)41(31)35)67(71)69(61)73-65(57)66-58(48)52(44)62-54(40)60-50(42)56(46(36)45)64(63)72(77)68(60)70(62)74(66)78(73,77)76(82)16-6-3-9-81-12-16/h1-12,75-76H,13H2/t75-,76-,77?,78?/m0/s1. The third kappa shape index (κ3) is 1.89. The number of aromatic nitrogens is 3. The SMILES string of the molecule is c1cncc(CN2[C@@H](c3cccnc3)C34c5c6c7c8c9c%10c(c%11c%12c3c3c5c5c%13c6c6c7c7c9c9c%14c%10c%10c%11c%11c%12c%12c3c3c5c5c%13c%13c6c6c7c9c7c9c%14c%10c%10c%11c%11c%12c3c3c5c5c%13c6c7c6c9c%10c%11c3c56)C84[C@@H]2c2cccnc2)c1. The first-order chi connectivity index (χ1) is 40.9. The highest BCUT2D eigenvalue weighted by molar-refractivity contribution is 6.82. The van der Waals surface area contributed by atoms with Crippen LogP contribution in [0.4, 0.5) is 0 Å². The molecule has 348 valence electrons. The summed E-state index contributed by atoms with van der Waals surface area (Å²) in [5.74, 6) is 0. The molecule has 28 aromatic carbocycles. The average molecular weight is 1010 g/mol. The van der Waals surface area contributed by atoms with Crippen LogP contribution in [0.15, 0.2) is 73.6 Å². The van der Waals surface area contributed by atoms with Gasteiger partial charge in [-0.15, -0.1) is 0 Å². The van der Waals surface area contributed by atoms with E-state index >= 15 is 0 Å². The lowest BCUT2D eigenvalue weighted by atomic mass is 9.45. The van der Waals surface area contributed by atoms with Crippen molar-refractivity contribution < 1.29 is 0 Å². The van der Waals surface area contributed by atoms with Gasteiger partial charge < -0.3 is 0 Å². The van der Waals surface area contributed by atoms with Crippen LogP contribution in [0.3, 0.4) is 0 Å². The number of likely N-dealkylation sites (tertiary alicyclic amines) is 1. The molecule has 5 aliphatic rings. The number of benzene rings is 18. The van der Waals surface area contributed by atoms with E-state index in [0.29, 0.717) is 0 Å². The molecule has 0 N–H and O–H groups in total. The van der Waals surface area contributed by atoms with Crippen LogP contribution in [-0.2, 0) is 17.4 Å². The monoisotopic (exact) mass is 1010 g/mol. The van der Waals surface area contributed by atoms with Gasteiger partial charge in [-0.2, -0.15) is 0 Å². The number of nitrogens with zero attached hydrogens (tertiary/aromatic N) is 4. The van der Waals surface area contributed by atoms with Crippen molar-refractivity contribution in [2.75, 3.05) is 0 Å². The third-order valence-corrected chi connectivity index (χ3v) is 28.0. The van der Waals surface area contributed by atoms with Crippen molar-refractivity contribution >= 4 is 291 Å². The fourth-order valence-electron chi connectivity index (χ4n) is 27.8. The lowest BCUT2D eigenvalue weighted by Crippen LogP contribution is -2.52. The first kappa shape index (κ1) is 32.2. The number of hydrogen-bond acceptors (Lipinski definition) is 4. The Morgan fingerprint density at radius 2 is 0.439 bits per heavy atom. The molecule has 4 nitrogen and oxygen atoms in total. The second-order valence-corrected chi connectivity index (χ2v) is 28.8. The molecule has 0 unspecified atom stereocenters. The van der Waals surface area contributed by atoms with E-state index in [1.165, 1.54) is 16.7 Å². The summed E-state index contributed by atoms with van der Waals surface area (Å²) in [7, 11) is 0. The van der Waals surface area contributed by atoms with Crippen LogP contribution >= 0.6 is 0 Å². The third-order valence-electron chi connectivity index (χ3n) is 28.0. The summed E-state index contributed by atoms with van der Waals surface area (Å²) in [6.45, 7) is 0.749. The summed E-state index contributed by atoms with van der Waals surface area (Å²) >= 11 is 0. The first-order valence-corrected chi connectivity index (χ1v) is 30.1. The van der Waals surface area contributed by atoms with Gasteiger partial charge in [-0.3, -0.25) is 19.9 Å². The average Bonchev–Trinajstić information content (AvgIpc) is 1.41. The zero-order valence-electron chi connectivity index (χ0n) is 42.1. The highest BCUT2D eigenvalue weighted by Crippen LogP contribution is 2.89. The van der Waals surface area contributed by atoms with Crippen molar-refractivity contribution in [2.24, 2.45) is 0 Å². The van der Waals surface area contributed by atoms with Crippen LogP contribution in [0.25, 0.3) is 291 Å². The molecule has 3 aromatic heterocycles. The quantitative estimate of drug-likeness (QED) is 0.165. The van der Waals surface area contributed by atoms with Gasteiger partial charge in [0.1, 0.15) is 0 Å². The van der Waals surface area contributed by atoms with Gasteiger partial charge in [-0.1, -0.05) is 18.2 Å². The van der Waals surface area contributed by atoms with E-state index in [2.05, 4.69) is 59.9 Å². The maximum atomic E-state index is 5.25. The molecule has 36 rings (SSSR count). The summed E-state index contributed by atoms with van der Waals surface area (Å²) in [4.78, 5) is 18.5.